The zero-order chi connectivity index (χ0) is 25.0. The van der Waals surface area contributed by atoms with Crippen LogP contribution in [0.4, 0.5) is 15.2 Å². The van der Waals surface area contributed by atoms with Crippen LogP contribution >= 0.6 is 0 Å². The van der Waals surface area contributed by atoms with Crippen LogP contribution in [0.25, 0.3) is 11.5 Å². The van der Waals surface area contributed by atoms with Crippen molar-refractivity contribution in [2.45, 2.75) is 45.3 Å². The van der Waals surface area contributed by atoms with Crippen molar-refractivity contribution in [1.82, 2.24) is 15.1 Å². The highest BCUT2D eigenvalue weighted by Gasteiger charge is 2.27. The minimum atomic E-state index is -0.521. The van der Waals surface area contributed by atoms with Crippen LogP contribution in [0.1, 0.15) is 44.0 Å². The van der Waals surface area contributed by atoms with Crippen LogP contribution in [-0.4, -0.2) is 51.9 Å². The normalized spacial score (nSPS) is 14.5. The number of aromatic nitrogens is 2. The fourth-order valence-electron chi connectivity index (χ4n) is 3.51. The third kappa shape index (κ3) is 6.56. The lowest BCUT2D eigenvalue weighted by Gasteiger charge is -2.33. The van der Waals surface area contributed by atoms with Gasteiger partial charge in [0.15, 0.2) is 0 Å². The summed E-state index contributed by atoms with van der Waals surface area (Å²) in [6.07, 6.45) is 1.04. The van der Waals surface area contributed by atoms with Crippen molar-refractivity contribution in [2.75, 3.05) is 18.4 Å². The molecule has 0 bridgehead atoms. The first-order chi connectivity index (χ1) is 16.7. The summed E-state index contributed by atoms with van der Waals surface area (Å²) in [6.45, 7) is 6.65. The van der Waals surface area contributed by atoms with E-state index in [9.17, 15) is 14.0 Å². The Kier molecular flexibility index (Phi) is 6.99. The Morgan fingerprint density at radius 1 is 1.03 bits per heavy atom. The summed E-state index contributed by atoms with van der Waals surface area (Å²) in [5.41, 5.74) is 0.406. The quantitative estimate of drug-likeness (QED) is 0.551. The molecule has 35 heavy (non-hydrogen) atoms. The van der Waals surface area contributed by atoms with Crippen LogP contribution in [-0.2, 0) is 4.74 Å². The van der Waals surface area contributed by atoms with E-state index in [1.165, 1.54) is 24.3 Å². The maximum atomic E-state index is 13.1. The molecule has 0 saturated carbocycles. The lowest BCUT2D eigenvalue weighted by molar-refractivity contribution is 0.0126. The predicted molar refractivity (Wildman–Crippen MR) is 126 cm³/mol. The monoisotopic (exact) mass is 482 g/mol. The molecule has 10 heteroatoms. The van der Waals surface area contributed by atoms with Crippen molar-refractivity contribution in [3.05, 3.63) is 59.9 Å². The van der Waals surface area contributed by atoms with E-state index in [1.54, 1.807) is 29.2 Å². The van der Waals surface area contributed by atoms with Gasteiger partial charge in [-0.15, -0.1) is 5.10 Å². The Hall–Kier alpha value is -3.95. The lowest BCUT2D eigenvalue weighted by Crippen LogP contribution is -2.44. The number of ether oxygens (including phenoxy) is 2. The molecule has 1 N–H and O–H groups in total. The molecule has 0 aliphatic carbocycles. The molecule has 1 fully saturated rings. The fraction of sp³-hybridized carbons (Fsp3) is 0.360. The van der Waals surface area contributed by atoms with Crippen molar-refractivity contribution < 1.29 is 27.9 Å². The number of benzene rings is 2. The molecule has 1 aliphatic heterocycles. The highest BCUT2D eigenvalue weighted by molar-refractivity contribution is 6.03. The van der Waals surface area contributed by atoms with Crippen LogP contribution in [0.15, 0.2) is 52.9 Å². The van der Waals surface area contributed by atoms with E-state index in [4.69, 9.17) is 13.9 Å². The lowest BCUT2D eigenvalue weighted by atomic mass is 10.1. The summed E-state index contributed by atoms with van der Waals surface area (Å²) in [7, 11) is 0. The van der Waals surface area contributed by atoms with Gasteiger partial charge in [-0.3, -0.25) is 10.1 Å². The number of nitrogens with one attached hydrogen (secondary N) is 1. The van der Waals surface area contributed by atoms with E-state index in [2.05, 4.69) is 15.5 Å². The summed E-state index contributed by atoms with van der Waals surface area (Å²) < 4.78 is 29.9. The number of rotatable bonds is 5. The van der Waals surface area contributed by atoms with Crippen LogP contribution in [0.3, 0.4) is 0 Å². The Morgan fingerprint density at radius 2 is 1.69 bits per heavy atom. The number of hydrogen-bond donors (Lipinski definition) is 1. The molecule has 0 spiro atoms. The first kappa shape index (κ1) is 24.2. The van der Waals surface area contributed by atoms with Crippen LogP contribution in [0, 0.1) is 5.82 Å². The molecule has 9 nitrogen and oxygen atoms in total. The number of amides is 2. The number of hydrogen-bond acceptors (Lipinski definition) is 7. The molecule has 0 radical (unpaired) electrons. The number of nitrogens with zero attached hydrogens (tertiary/aromatic N) is 3. The molecule has 2 heterocycles. The third-order valence-electron chi connectivity index (χ3n) is 5.25. The second-order valence-electron chi connectivity index (χ2n) is 9.18. The largest absolute Gasteiger partial charge is 0.490 e. The van der Waals surface area contributed by atoms with Gasteiger partial charge in [-0.25, -0.2) is 9.18 Å². The van der Waals surface area contributed by atoms with Gasteiger partial charge in [-0.05, 0) is 69.3 Å². The summed E-state index contributed by atoms with van der Waals surface area (Å²) in [5.74, 6) is 0.00687. The molecule has 3 aromatic rings. The average Bonchev–Trinajstić information content (AvgIpc) is 3.28. The fourth-order valence-corrected chi connectivity index (χ4v) is 3.51. The molecule has 1 aromatic heterocycles. The Morgan fingerprint density at radius 3 is 2.31 bits per heavy atom. The molecule has 1 saturated heterocycles. The average molecular weight is 483 g/mol. The van der Waals surface area contributed by atoms with Gasteiger partial charge >= 0.3 is 12.1 Å². The van der Waals surface area contributed by atoms with Gasteiger partial charge in [0.25, 0.3) is 5.91 Å². The first-order valence-electron chi connectivity index (χ1n) is 11.3. The molecule has 2 aromatic carbocycles. The molecule has 2 amide bonds. The van der Waals surface area contributed by atoms with Crippen LogP contribution < -0.4 is 10.1 Å². The van der Waals surface area contributed by atoms with E-state index < -0.39 is 11.5 Å². The summed E-state index contributed by atoms with van der Waals surface area (Å²) in [5, 5.41) is 10.2. The molecule has 1 aliphatic rings. The Labute approximate surface area is 202 Å². The predicted octanol–water partition coefficient (Wildman–Crippen LogP) is 4.91. The molecule has 0 atom stereocenters. The Bertz CT molecular complexity index is 1160. The first-order valence-corrected chi connectivity index (χ1v) is 11.3. The van der Waals surface area contributed by atoms with Gasteiger partial charge in [-0.2, -0.15) is 0 Å². The van der Waals surface area contributed by atoms with Crippen molar-refractivity contribution in [1.29, 1.82) is 0 Å². The van der Waals surface area contributed by atoms with Crippen molar-refractivity contribution >= 4 is 18.0 Å². The van der Waals surface area contributed by atoms with E-state index >= 15 is 0 Å². The maximum Gasteiger partial charge on any atom is 0.410 e. The summed E-state index contributed by atoms with van der Waals surface area (Å²) in [4.78, 5) is 26.4. The highest BCUT2D eigenvalue weighted by Crippen LogP contribution is 2.23. The van der Waals surface area contributed by atoms with Crippen LogP contribution in [0.2, 0.25) is 0 Å². The summed E-state index contributed by atoms with van der Waals surface area (Å²) in [6, 6.07) is 12.2. The Balaban J connectivity index is 1.27. The highest BCUT2D eigenvalue weighted by atomic mass is 19.1. The van der Waals surface area contributed by atoms with E-state index in [0.717, 1.165) is 0 Å². The minimum Gasteiger partial charge on any atom is -0.490 e. The van der Waals surface area contributed by atoms with E-state index in [-0.39, 0.29) is 29.9 Å². The van der Waals surface area contributed by atoms with Crippen molar-refractivity contribution in [3.63, 3.8) is 0 Å². The molecule has 0 unspecified atom stereocenters. The zero-order valence-electron chi connectivity index (χ0n) is 19.8. The maximum absolute atomic E-state index is 13.1. The second-order valence-corrected chi connectivity index (χ2v) is 9.18. The van der Waals surface area contributed by atoms with Gasteiger partial charge < -0.3 is 18.8 Å². The van der Waals surface area contributed by atoms with Crippen LogP contribution in [0.5, 0.6) is 5.75 Å². The number of anilines is 1. The zero-order valence-corrected chi connectivity index (χ0v) is 19.8. The van der Waals surface area contributed by atoms with E-state index in [0.29, 0.717) is 42.8 Å². The molecular formula is C25H27FN4O5. The molecule has 184 valence electrons. The number of carbonyl (C=O) groups excluding carboxylic acids is 2. The van der Waals surface area contributed by atoms with Crippen molar-refractivity contribution in [3.8, 4) is 17.2 Å². The van der Waals surface area contributed by atoms with Gasteiger partial charge in [-0.1, -0.05) is 5.10 Å². The second kappa shape index (κ2) is 10.1. The standard InChI is InChI=1S/C25H27FN4O5/c1-25(2,3)35-24(32)30-14-12-20(13-15-30)33-19-10-6-16(7-11-19)21(31)27-23-29-28-22(34-23)17-4-8-18(26)9-5-17/h4-11,20H,12-15H2,1-3H3,(H,27,29,31). The number of likely N-dealkylation sites (tertiary alicyclic amines) is 1. The summed E-state index contributed by atoms with van der Waals surface area (Å²) >= 11 is 0. The SMILES string of the molecule is CC(C)(C)OC(=O)N1CCC(Oc2ccc(C(=O)Nc3nnc(-c4ccc(F)cc4)o3)cc2)CC1. The number of carbonyl (C=O) groups is 2. The van der Waals surface area contributed by atoms with E-state index in [1.807, 2.05) is 20.8 Å². The molecular weight excluding hydrogens is 455 g/mol. The third-order valence-corrected chi connectivity index (χ3v) is 5.25. The minimum absolute atomic E-state index is 0.0309. The number of halogens is 1. The van der Waals surface area contributed by atoms with Gasteiger partial charge in [0, 0.05) is 37.1 Å². The molecule has 4 rings (SSSR count). The topological polar surface area (TPSA) is 107 Å². The van der Waals surface area contributed by atoms with Crippen molar-refractivity contribution in [2.24, 2.45) is 0 Å². The van der Waals surface area contributed by atoms with Gasteiger partial charge in [0.05, 0.1) is 0 Å². The smallest absolute Gasteiger partial charge is 0.410 e. The van der Waals surface area contributed by atoms with Gasteiger partial charge in [0.2, 0.25) is 5.89 Å². The number of piperidine rings is 1. The van der Waals surface area contributed by atoms with Gasteiger partial charge in [0.1, 0.15) is 23.3 Å².